The summed E-state index contributed by atoms with van der Waals surface area (Å²) in [5.74, 6) is 0. The lowest BCUT2D eigenvalue weighted by Crippen LogP contribution is -2.51. The van der Waals surface area contributed by atoms with Crippen molar-refractivity contribution in [2.24, 2.45) is 0 Å². The third-order valence-corrected chi connectivity index (χ3v) is 11.0. The van der Waals surface area contributed by atoms with Gasteiger partial charge in [0, 0.05) is 0 Å². The lowest BCUT2D eigenvalue weighted by molar-refractivity contribution is 0.420. The van der Waals surface area contributed by atoms with Gasteiger partial charge in [-0.2, -0.15) is 0 Å². The number of ether oxygens (including phenoxy) is 2. The van der Waals surface area contributed by atoms with Crippen LogP contribution in [0, 0.1) is 0 Å². The first-order chi connectivity index (χ1) is 6.26. The van der Waals surface area contributed by atoms with Crippen molar-refractivity contribution in [3.63, 3.8) is 0 Å². The van der Waals surface area contributed by atoms with Gasteiger partial charge in [-0.1, -0.05) is 26.7 Å². The van der Waals surface area contributed by atoms with Gasteiger partial charge in [0.15, 0.2) is 0 Å². The van der Waals surface area contributed by atoms with Gasteiger partial charge in [0.1, 0.15) is 8.07 Å². The summed E-state index contributed by atoms with van der Waals surface area (Å²) >= 11 is 0. The molecule has 2 saturated heterocycles. The lowest BCUT2D eigenvalue weighted by Gasteiger charge is -2.32. The van der Waals surface area contributed by atoms with Gasteiger partial charge in [-0.25, -0.2) is 0 Å². The third kappa shape index (κ3) is 1.14. The minimum absolute atomic E-state index is 0.660. The largest absolute Gasteiger partial charge is 0.377 e. The minimum atomic E-state index is -1.22. The Bertz CT molecular complexity index is 180. The molecule has 1 saturated carbocycles. The molecule has 1 aliphatic carbocycles. The average Bonchev–Trinajstić information content (AvgIpc) is 2.95. The maximum Gasteiger partial charge on any atom is 0.132 e. The van der Waals surface area contributed by atoms with E-state index in [0.717, 1.165) is 24.3 Å². The lowest BCUT2D eigenvalue weighted by atomic mass is 10.6. The van der Waals surface area contributed by atoms with Gasteiger partial charge in [0.2, 0.25) is 0 Å². The normalized spacial score (nSPS) is 41.8. The molecule has 2 heterocycles. The van der Waals surface area contributed by atoms with E-state index in [2.05, 4.69) is 13.8 Å². The van der Waals surface area contributed by atoms with Gasteiger partial charge < -0.3 is 9.47 Å². The molecular formula is C10H18O2Si. The summed E-state index contributed by atoms with van der Waals surface area (Å²) < 4.78 is 11.2. The third-order valence-electron chi connectivity index (χ3n) is 4.07. The Morgan fingerprint density at radius 3 is 1.77 bits per heavy atom. The van der Waals surface area contributed by atoms with E-state index in [9.17, 15) is 0 Å². The van der Waals surface area contributed by atoms with Crippen LogP contribution in [0.5, 0.6) is 0 Å². The second kappa shape index (κ2) is 2.58. The topological polar surface area (TPSA) is 25.1 Å². The molecule has 13 heavy (non-hydrogen) atoms. The van der Waals surface area contributed by atoms with Crippen molar-refractivity contribution in [1.82, 2.24) is 0 Å². The fraction of sp³-hybridized carbons (Fsp3) is 1.00. The van der Waals surface area contributed by atoms with E-state index in [1.807, 2.05) is 0 Å². The Morgan fingerprint density at radius 2 is 1.54 bits per heavy atom. The molecule has 3 heteroatoms. The van der Waals surface area contributed by atoms with Crippen LogP contribution in [0.1, 0.15) is 26.7 Å². The predicted octanol–water partition coefficient (Wildman–Crippen LogP) is 1.89. The Kier molecular flexibility index (Phi) is 1.68. The number of epoxide rings is 2. The molecule has 0 aromatic heterocycles. The molecule has 0 aromatic carbocycles. The highest BCUT2D eigenvalue weighted by molar-refractivity contribution is 6.86. The van der Waals surface area contributed by atoms with Crippen LogP contribution in [0.4, 0.5) is 0 Å². The Hall–Kier alpha value is 0.137. The first-order valence-electron chi connectivity index (χ1n) is 5.49. The summed E-state index contributed by atoms with van der Waals surface area (Å²) in [5.41, 5.74) is 3.20. The summed E-state index contributed by atoms with van der Waals surface area (Å²) in [6, 6.07) is 0. The number of hydrogen-bond donors (Lipinski definition) is 0. The SMILES string of the molecule is CC(C)[Si](C1CC1)(C1CO1)C1CO1. The second-order valence-corrected chi connectivity index (χ2v) is 10.3. The molecule has 0 aromatic rings. The summed E-state index contributed by atoms with van der Waals surface area (Å²) in [6.45, 7) is 6.88. The molecule has 2 unspecified atom stereocenters. The Labute approximate surface area is 80.6 Å². The van der Waals surface area contributed by atoms with Gasteiger partial charge in [-0.05, 0) is 11.1 Å². The standard InChI is InChI=1S/C10H18O2Si/c1-7(2)13(8-3-4-8,9-5-11-9)10-6-12-10/h7-10H,3-6H2,1-2H3. The van der Waals surface area contributed by atoms with Crippen molar-refractivity contribution in [3.8, 4) is 0 Å². The summed E-state index contributed by atoms with van der Waals surface area (Å²) in [5, 5.41) is 0. The zero-order valence-corrected chi connectivity index (χ0v) is 9.45. The van der Waals surface area contributed by atoms with Crippen molar-refractivity contribution >= 4 is 8.07 Å². The highest BCUT2D eigenvalue weighted by atomic mass is 28.3. The van der Waals surface area contributed by atoms with Crippen LogP contribution in [0.15, 0.2) is 0 Å². The quantitative estimate of drug-likeness (QED) is 0.509. The van der Waals surface area contributed by atoms with E-state index in [-0.39, 0.29) is 0 Å². The molecule has 2 nitrogen and oxygen atoms in total. The maximum absolute atomic E-state index is 5.62. The van der Waals surface area contributed by atoms with Crippen LogP contribution in [0.25, 0.3) is 0 Å². The molecule has 2 aliphatic heterocycles. The molecule has 3 fully saturated rings. The van der Waals surface area contributed by atoms with Gasteiger partial charge in [-0.3, -0.25) is 0 Å². The van der Waals surface area contributed by atoms with Crippen LogP contribution in [-0.4, -0.2) is 32.7 Å². The first-order valence-corrected chi connectivity index (χ1v) is 7.80. The molecule has 0 N–H and O–H groups in total. The van der Waals surface area contributed by atoms with Crippen LogP contribution in [-0.2, 0) is 9.47 Å². The van der Waals surface area contributed by atoms with E-state index in [1.165, 1.54) is 12.8 Å². The van der Waals surface area contributed by atoms with Crippen LogP contribution < -0.4 is 0 Å². The molecule has 0 radical (unpaired) electrons. The highest BCUT2D eigenvalue weighted by Crippen LogP contribution is 2.58. The zero-order chi connectivity index (χ0) is 9.05. The Balaban J connectivity index is 1.90. The highest BCUT2D eigenvalue weighted by Gasteiger charge is 2.66. The summed E-state index contributed by atoms with van der Waals surface area (Å²) in [6.07, 6.45) is 2.92. The van der Waals surface area contributed by atoms with Crippen molar-refractivity contribution in [3.05, 3.63) is 0 Å². The van der Waals surface area contributed by atoms with E-state index in [0.29, 0.717) is 11.5 Å². The van der Waals surface area contributed by atoms with Gasteiger partial charge in [0.25, 0.3) is 0 Å². The molecule has 2 atom stereocenters. The van der Waals surface area contributed by atoms with Gasteiger partial charge >= 0.3 is 0 Å². The van der Waals surface area contributed by atoms with Gasteiger partial charge in [0.05, 0.1) is 24.7 Å². The summed E-state index contributed by atoms with van der Waals surface area (Å²) in [4.78, 5) is 0. The van der Waals surface area contributed by atoms with E-state index in [1.54, 1.807) is 0 Å². The molecule has 0 spiro atoms. The summed E-state index contributed by atoms with van der Waals surface area (Å²) in [7, 11) is -1.22. The molecule has 0 bridgehead atoms. The van der Waals surface area contributed by atoms with E-state index in [4.69, 9.17) is 9.47 Å². The minimum Gasteiger partial charge on any atom is -0.377 e. The van der Waals surface area contributed by atoms with E-state index >= 15 is 0 Å². The van der Waals surface area contributed by atoms with Crippen molar-refractivity contribution in [2.45, 2.75) is 49.2 Å². The van der Waals surface area contributed by atoms with Crippen molar-refractivity contribution in [1.29, 1.82) is 0 Å². The fourth-order valence-corrected chi connectivity index (χ4v) is 9.62. The monoisotopic (exact) mass is 198 g/mol. The molecule has 74 valence electrons. The van der Waals surface area contributed by atoms with Crippen LogP contribution >= 0.6 is 0 Å². The maximum atomic E-state index is 5.62. The van der Waals surface area contributed by atoms with Crippen LogP contribution in [0.2, 0.25) is 11.1 Å². The number of hydrogen-bond acceptors (Lipinski definition) is 2. The second-order valence-electron chi connectivity index (χ2n) is 5.07. The van der Waals surface area contributed by atoms with E-state index < -0.39 is 8.07 Å². The number of rotatable bonds is 4. The van der Waals surface area contributed by atoms with Crippen LogP contribution in [0.3, 0.4) is 0 Å². The van der Waals surface area contributed by atoms with Gasteiger partial charge in [-0.15, -0.1) is 0 Å². The fourth-order valence-electron chi connectivity index (χ4n) is 3.21. The predicted molar refractivity (Wildman–Crippen MR) is 53.3 cm³/mol. The first kappa shape index (κ1) is 8.45. The smallest absolute Gasteiger partial charge is 0.132 e. The molecular weight excluding hydrogens is 180 g/mol. The molecule has 3 aliphatic rings. The van der Waals surface area contributed by atoms with Crippen molar-refractivity contribution in [2.75, 3.05) is 13.2 Å². The Morgan fingerprint density at radius 1 is 1.08 bits per heavy atom. The zero-order valence-electron chi connectivity index (χ0n) is 8.45. The van der Waals surface area contributed by atoms with Crippen molar-refractivity contribution < 1.29 is 9.47 Å². The average molecular weight is 198 g/mol. The molecule has 3 rings (SSSR count). The molecule has 0 amide bonds.